The number of hydrogen-bond donors (Lipinski definition) is 1. The fourth-order valence-corrected chi connectivity index (χ4v) is 4.49. The number of rotatable bonds is 4. The third kappa shape index (κ3) is 4.54. The fourth-order valence-electron chi connectivity index (χ4n) is 4.49. The number of nitrogens with zero attached hydrogens (tertiary/aromatic N) is 5. The van der Waals surface area contributed by atoms with Crippen molar-refractivity contribution in [3.8, 4) is 11.4 Å². The van der Waals surface area contributed by atoms with Crippen LogP contribution in [0.3, 0.4) is 0 Å². The van der Waals surface area contributed by atoms with Gasteiger partial charge in [0.2, 0.25) is 11.7 Å². The highest BCUT2D eigenvalue weighted by atomic mass is 35.5. The Morgan fingerprint density at radius 1 is 1.03 bits per heavy atom. The van der Waals surface area contributed by atoms with E-state index in [4.69, 9.17) is 4.52 Å². The Morgan fingerprint density at radius 2 is 1.81 bits per heavy atom. The molecular weight excluding hydrogens is 416 g/mol. The average Bonchev–Trinajstić information content (AvgIpc) is 3.55. The summed E-state index contributed by atoms with van der Waals surface area (Å²) in [6.07, 6.45) is 11.5. The van der Waals surface area contributed by atoms with Crippen LogP contribution >= 0.6 is 12.4 Å². The van der Waals surface area contributed by atoms with Gasteiger partial charge in [-0.3, -0.25) is 9.97 Å². The van der Waals surface area contributed by atoms with Crippen molar-refractivity contribution in [1.82, 2.24) is 30.3 Å². The molecule has 1 aliphatic carbocycles. The number of hydrogen-bond acceptors (Lipinski definition) is 6. The van der Waals surface area contributed by atoms with Crippen molar-refractivity contribution in [2.45, 2.75) is 43.6 Å². The van der Waals surface area contributed by atoms with Gasteiger partial charge in [0.25, 0.3) is 0 Å². The van der Waals surface area contributed by atoms with Gasteiger partial charge in [0.05, 0.1) is 5.92 Å². The first-order chi connectivity index (χ1) is 14.8. The van der Waals surface area contributed by atoms with Gasteiger partial charge in [0.15, 0.2) is 0 Å². The minimum Gasteiger partial charge on any atom is -0.339 e. The summed E-state index contributed by atoms with van der Waals surface area (Å²) >= 11 is 0. The molecule has 0 radical (unpaired) electrons. The van der Waals surface area contributed by atoms with Crippen LogP contribution in [0.4, 0.5) is 4.79 Å². The second kappa shape index (κ2) is 9.43. The van der Waals surface area contributed by atoms with Crippen LogP contribution in [0.1, 0.15) is 49.0 Å². The number of pyridine rings is 2. The Bertz CT molecular complexity index is 994. The molecule has 31 heavy (non-hydrogen) atoms. The monoisotopic (exact) mass is 440 g/mol. The van der Waals surface area contributed by atoms with Crippen LogP contribution in [-0.4, -0.2) is 50.2 Å². The molecule has 3 aromatic heterocycles. The molecule has 3 aromatic rings. The molecule has 2 amide bonds. The minimum atomic E-state index is -0.0772. The van der Waals surface area contributed by atoms with Crippen molar-refractivity contribution >= 4 is 18.4 Å². The summed E-state index contributed by atoms with van der Waals surface area (Å²) < 4.78 is 5.66. The lowest BCUT2D eigenvalue weighted by Gasteiger charge is -2.20. The van der Waals surface area contributed by atoms with E-state index < -0.39 is 0 Å². The van der Waals surface area contributed by atoms with Gasteiger partial charge in [0, 0.05) is 55.4 Å². The van der Waals surface area contributed by atoms with Gasteiger partial charge in [-0.25, -0.2) is 4.79 Å². The predicted molar refractivity (Wildman–Crippen MR) is 117 cm³/mol. The van der Waals surface area contributed by atoms with E-state index in [1.807, 2.05) is 35.4 Å². The van der Waals surface area contributed by atoms with Gasteiger partial charge in [-0.1, -0.05) is 24.1 Å². The first kappa shape index (κ1) is 21.2. The summed E-state index contributed by atoms with van der Waals surface area (Å²) in [6.45, 7) is 1.14. The highest BCUT2D eigenvalue weighted by molar-refractivity contribution is 5.85. The number of carbonyl (C=O) groups is 1. The van der Waals surface area contributed by atoms with E-state index in [9.17, 15) is 4.79 Å². The van der Waals surface area contributed by atoms with Crippen LogP contribution in [0.25, 0.3) is 11.4 Å². The molecule has 0 bridgehead atoms. The van der Waals surface area contributed by atoms with Crippen LogP contribution in [-0.2, 0) is 0 Å². The van der Waals surface area contributed by atoms with Crippen molar-refractivity contribution < 1.29 is 9.32 Å². The van der Waals surface area contributed by atoms with Crippen molar-refractivity contribution in [3.63, 3.8) is 0 Å². The van der Waals surface area contributed by atoms with Crippen LogP contribution in [0.5, 0.6) is 0 Å². The fraction of sp³-hybridized carbons (Fsp3) is 0.409. The van der Waals surface area contributed by atoms with Crippen molar-refractivity contribution in [2.75, 3.05) is 13.1 Å². The van der Waals surface area contributed by atoms with Gasteiger partial charge in [-0.15, -0.1) is 12.4 Å². The summed E-state index contributed by atoms with van der Waals surface area (Å²) in [6, 6.07) is 7.95. The van der Waals surface area contributed by atoms with Gasteiger partial charge < -0.3 is 14.7 Å². The maximum absolute atomic E-state index is 12.9. The molecule has 4 heterocycles. The largest absolute Gasteiger partial charge is 0.339 e. The van der Waals surface area contributed by atoms with Crippen LogP contribution in [0, 0.1) is 0 Å². The van der Waals surface area contributed by atoms with Crippen molar-refractivity contribution in [2.24, 2.45) is 0 Å². The zero-order valence-electron chi connectivity index (χ0n) is 17.1. The highest BCUT2D eigenvalue weighted by Gasteiger charge is 2.41. The molecular formula is C22H25ClN6O2. The van der Waals surface area contributed by atoms with Crippen molar-refractivity contribution in [1.29, 1.82) is 0 Å². The second-order valence-electron chi connectivity index (χ2n) is 8.03. The normalized spacial score (nSPS) is 21.1. The lowest BCUT2D eigenvalue weighted by molar-refractivity contribution is 0.203. The van der Waals surface area contributed by atoms with Crippen LogP contribution in [0.15, 0.2) is 53.6 Å². The van der Waals surface area contributed by atoms with Crippen LogP contribution < -0.4 is 5.32 Å². The molecule has 2 fully saturated rings. The zero-order chi connectivity index (χ0) is 20.3. The number of nitrogens with one attached hydrogen (secondary N) is 1. The van der Waals surface area contributed by atoms with Gasteiger partial charge in [-0.05, 0) is 36.6 Å². The molecule has 0 aromatic carbocycles. The maximum atomic E-state index is 12.9. The molecule has 8 nitrogen and oxygen atoms in total. The topological polar surface area (TPSA) is 97.0 Å². The van der Waals surface area contributed by atoms with E-state index >= 15 is 0 Å². The first-order valence-electron chi connectivity index (χ1n) is 10.5. The number of urea groups is 1. The summed E-state index contributed by atoms with van der Waals surface area (Å²) in [5.74, 6) is 1.06. The zero-order valence-corrected chi connectivity index (χ0v) is 17.9. The third-order valence-corrected chi connectivity index (χ3v) is 6.10. The molecule has 0 spiro atoms. The minimum absolute atomic E-state index is 0. The van der Waals surface area contributed by atoms with Crippen LogP contribution in [0.2, 0.25) is 0 Å². The van der Waals surface area contributed by atoms with E-state index in [1.165, 1.54) is 12.8 Å². The smallest absolute Gasteiger partial charge is 0.317 e. The Hall–Kier alpha value is -3.00. The van der Waals surface area contributed by atoms with Gasteiger partial charge in [0.1, 0.15) is 0 Å². The Kier molecular flexibility index (Phi) is 6.46. The van der Waals surface area contributed by atoms with Gasteiger partial charge in [-0.2, -0.15) is 4.98 Å². The molecule has 162 valence electrons. The van der Waals surface area contributed by atoms with E-state index in [0.717, 1.165) is 24.0 Å². The Morgan fingerprint density at radius 3 is 2.55 bits per heavy atom. The second-order valence-corrected chi connectivity index (χ2v) is 8.03. The molecule has 9 heteroatoms. The molecule has 2 aliphatic rings. The standard InChI is InChI=1S/C22H24N6O2.ClH/c29-22(25-17-5-1-2-6-17)28-13-18(16-4-3-9-24-12-16)19(14-28)21-26-20(27-30-21)15-7-10-23-11-8-15;/h3-4,7-12,17-19H,1-2,5-6,13-14H2,(H,25,29);1H/t18-,19+;/m0./s1. The molecule has 1 saturated heterocycles. The lowest BCUT2D eigenvalue weighted by atomic mass is 9.90. The highest BCUT2D eigenvalue weighted by Crippen LogP contribution is 2.39. The molecule has 5 rings (SSSR count). The molecule has 1 saturated carbocycles. The number of aromatic nitrogens is 4. The van der Waals surface area contributed by atoms with Crippen molar-refractivity contribution in [3.05, 3.63) is 60.5 Å². The Balaban J connectivity index is 0.00000231. The molecule has 1 N–H and O–H groups in total. The summed E-state index contributed by atoms with van der Waals surface area (Å²) in [5, 5.41) is 7.36. The molecule has 2 atom stereocenters. The summed E-state index contributed by atoms with van der Waals surface area (Å²) in [4.78, 5) is 27.7. The number of amides is 2. The maximum Gasteiger partial charge on any atom is 0.317 e. The predicted octanol–water partition coefficient (Wildman–Crippen LogP) is 3.78. The molecule has 0 unspecified atom stereocenters. The number of halogens is 1. The average molecular weight is 441 g/mol. The summed E-state index contributed by atoms with van der Waals surface area (Å²) in [7, 11) is 0. The Labute approximate surface area is 186 Å². The SMILES string of the molecule is Cl.O=C(NC1CCCC1)N1C[C@@H](c2cccnc2)[C@H](c2nc(-c3ccncc3)no2)C1. The van der Waals surface area contributed by atoms with E-state index in [1.54, 1.807) is 18.6 Å². The van der Waals surface area contributed by atoms with E-state index in [2.05, 4.69) is 25.4 Å². The third-order valence-electron chi connectivity index (χ3n) is 6.10. The molecule has 1 aliphatic heterocycles. The lowest BCUT2D eigenvalue weighted by Crippen LogP contribution is -2.43. The number of carbonyl (C=O) groups excluding carboxylic acids is 1. The van der Waals surface area contributed by atoms with Gasteiger partial charge >= 0.3 is 6.03 Å². The van der Waals surface area contributed by atoms with E-state index in [-0.39, 0.29) is 36.3 Å². The summed E-state index contributed by atoms with van der Waals surface area (Å²) in [5.41, 5.74) is 1.93. The van der Waals surface area contributed by atoms with E-state index in [0.29, 0.717) is 24.8 Å². The quantitative estimate of drug-likeness (QED) is 0.663. The first-order valence-corrected chi connectivity index (χ1v) is 10.5. The number of likely N-dealkylation sites (tertiary alicyclic amines) is 1.